The predicted octanol–water partition coefficient (Wildman–Crippen LogP) is 0.265. The van der Waals surface area contributed by atoms with Gasteiger partial charge in [0.15, 0.2) is 11.4 Å². The molecule has 0 bridgehead atoms. The molecule has 0 heterocycles. The molecule has 3 aliphatic carbocycles. The lowest BCUT2D eigenvalue weighted by atomic mass is 9.54. The van der Waals surface area contributed by atoms with E-state index in [2.05, 4.69) is 26.1 Å². The Labute approximate surface area is 216 Å². The molecule has 10 nitrogen and oxygen atoms in total. The molecular formula is C27H37N3O7. The number of phenols is 1. The number of nitrogens with zero attached hydrogens (tertiary/aromatic N) is 1. The number of carbonyl (C=O) groups excluding carboxylic acids is 3. The van der Waals surface area contributed by atoms with Crippen molar-refractivity contribution in [1.82, 2.24) is 10.2 Å². The first-order valence-corrected chi connectivity index (χ1v) is 12.5. The van der Waals surface area contributed by atoms with Crippen LogP contribution in [-0.4, -0.2) is 81.2 Å². The Morgan fingerprint density at radius 3 is 2.43 bits per heavy atom. The highest BCUT2D eigenvalue weighted by Gasteiger charge is 2.67. The maximum Gasteiger partial charge on any atom is 0.230 e. The first kappa shape index (κ1) is 27.3. The van der Waals surface area contributed by atoms with Crippen molar-refractivity contribution >= 4 is 23.2 Å². The number of amides is 1. The van der Waals surface area contributed by atoms with Gasteiger partial charge in [0.05, 0.1) is 11.7 Å². The van der Waals surface area contributed by atoms with Crippen LogP contribution in [0.3, 0.4) is 0 Å². The zero-order valence-corrected chi connectivity index (χ0v) is 21.9. The van der Waals surface area contributed by atoms with Gasteiger partial charge in [-0.1, -0.05) is 32.9 Å². The molecule has 0 saturated heterocycles. The third-order valence-electron chi connectivity index (χ3n) is 8.02. The molecule has 0 aliphatic heterocycles. The first-order valence-electron chi connectivity index (χ1n) is 12.5. The number of primary amides is 1. The predicted molar refractivity (Wildman–Crippen MR) is 135 cm³/mol. The van der Waals surface area contributed by atoms with Gasteiger partial charge >= 0.3 is 0 Å². The van der Waals surface area contributed by atoms with E-state index in [0.717, 1.165) is 0 Å². The summed E-state index contributed by atoms with van der Waals surface area (Å²) in [6.07, 6.45) is -1.10. The van der Waals surface area contributed by atoms with E-state index in [9.17, 15) is 34.8 Å². The molecule has 2 fully saturated rings. The minimum atomic E-state index is -2.65. The quantitative estimate of drug-likeness (QED) is 0.301. The second-order valence-corrected chi connectivity index (χ2v) is 12.1. The van der Waals surface area contributed by atoms with E-state index < -0.39 is 58.7 Å². The molecule has 7 N–H and O–H groups in total. The normalized spacial score (nSPS) is 31.7. The molecule has 0 spiro atoms. The van der Waals surface area contributed by atoms with Gasteiger partial charge in [0.1, 0.15) is 17.4 Å². The Kier molecular flexibility index (Phi) is 6.77. The highest BCUT2D eigenvalue weighted by Crippen LogP contribution is 2.52. The van der Waals surface area contributed by atoms with Crippen LogP contribution in [0.5, 0.6) is 5.75 Å². The molecule has 10 heteroatoms. The Morgan fingerprint density at radius 2 is 1.86 bits per heavy atom. The third kappa shape index (κ3) is 4.25. The van der Waals surface area contributed by atoms with Gasteiger partial charge in [0.25, 0.3) is 0 Å². The number of fused-ring (bicyclic) bond motifs is 3. The molecule has 3 aliphatic rings. The molecule has 1 aromatic carbocycles. The van der Waals surface area contributed by atoms with Crippen molar-refractivity contribution in [3.63, 3.8) is 0 Å². The topological polar surface area (TPSA) is 173 Å². The lowest BCUT2D eigenvalue weighted by Gasteiger charge is -2.53. The number of carbonyl (C=O) groups is 3. The zero-order valence-electron chi connectivity index (χ0n) is 21.9. The van der Waals surface area contributed by atoms with Crippen molar-refractivity contribution in [1.29, 1.82) is 0 Å². The van der Waals surface area contributed by atoms with Gasteiger partial charge in [-0.25, -0.2) is 0 Å². The van der Waals surface area contributed by atoms with Gasteiger partial charge < -0.3 is 36.4 Å². The van der Waals surface area contributed by atoms with Crippen LogP contribution in [0, 0.1) is 23.2 Å². The lowest BCUT2D eigenvalue weighted by molar-refractivity contribution is -0.184. The van der Waals surface area contributed by atoms with Gasteiger partial charge in [0.2, 0.25) is 11.7 Å². The number of Topliss-reactive ketones (excluding diaryl/α,β-unsaturated/α-hetero) is 2. The minimum absolute atomic E-state index is 0.0228. The molecule has 1 aromatic rings. The average Bonchev–Trinajstić information content (AvgIpc) is 2.76. The van der Waals surface area contributed by atoms with Crippen LogP contribution in [0.2, 0.25) is 0 Å². The van der Waals surface area contributed by atoms with Crippen LogP contribution >= 0.6 is 0 Å². The summed E-state index contributed by atoms with van der Waals surface area (Å²) in [6, 6.07) is 2.67. The van der Waals surface area contributed by atoms with Gasteiger partial charge in [-0.05, 0) is 43.8 Å². The molecule has 2 saturated carbocycles. The largest absolute Gasteiger partial charge is 0.507 e. The number of aliphatic hydroxyl groups excluding tert-OH is 2. The number of hydrogen-bond donors (Lipinski definition) is 6. The smallest absolute Gasteiger partial charge is 0.230 e. The summed E-state index contributed by atoms with van der Waals surface area (Å²) in [7, 11) is 3.25. The number of phenolic OH excluding ortho intramolecular Hbond substituents is 1. The molecule has 6 atom stereocenters. The fraction of sp³-hybridized carbons (Fsp3) is 0.593. The van der Waals surface area contributed by atoms with Crippen LogP contribution in [0.15, 0.2) is 17.7 Å². The summed E-state index contributed by atoms with van der Waals surface area (Å²) in [4.78, 5) is 40.9. The van der Waals surface area contributed by atoms with E-state index in [4.69, 9.17) is 5.73 Å². The van der Waals surface area contributed by atoms with Crippen molar-refractivity contribution in [3.05, 3.63) is 34.4 Å². The van der Waals surface area contributed by atoms with Gasteiger partial charge in [-0.15, -0.1) is 0 Å². The molecule has 37 heavy (non-hydrogen) atoms. The van der Waals surface area contributed by atoms with Crippen molar-refractivity contribution in [2.75, 3.05) is 20.6 Å². The number of nitrogens with two attached hydrogens (primary N) is 1. The molecule has 4 rings (SSSR count). The number of ketones is 2. The van der Waals surface area contributed by atoms with Crippen LogP contribution in [-0.2, 0) is 27.3 Å². The molecule has 0 aromatic heterocycles. The number of benzene rings is 1. The highest BCUT2D eigenvalue weighted by molar-refractivity contribution is 6.25. The molecular weight excluding hydrogens is 478 g/mol. The summed E-state index contributed by atoms with van der Waals surface area (Å²) >= 11 is 0. The summed E-state index contributed by atoms with van der Waals surface area (Å²) < 4.78 is 0. The van der Waals surface area contributed by atoms with Crippen LogP contribution in [0.4, 0.5) is 0 Å². The molecule has 1 unspecified atom stereocenters. The Morgan fingerprint density at radius 1 is 1.22 bits per heavy atom. The van der Waals surface area contributed by atoms with E-state index in [-0.39, 0.29) is 28.7 Å². The van der Waals surface area contributed by atoms with Gasteiger partial charge in [-0.2, -0.15) is 0 Å². The fourth-order valence-electron chi connectivity index (χ4n) is 6.34. The standard InChI is InChI=1S/C27H37N3O7/c1-26(2,3)11-29-10-13-7-6-12-8-14-9-15-19(30(4)5)22(33)18(25(28)36)24(35)27(15,37)23(34)17(14)21(32)16(12)20(13)31/h6-7,14-15,18-19,22,29,31-33,37H,8-11H2,1-5H3,(H2,28,36)/t14-,15-,18?,19-,22-,27-/m0/s1. The maximum absolute atomic E-state index is 13.8. The second-order valence-electron chi connectivity index (χ2n) is 12.1. The number of aliphatic hydroxyl groups is 3. The molecule has 0 radical (unpaired) electrons. The summed E-state index contributed by atoms with van der Waals surface area (Å²) in [5, 5.41) is 48.1. The van der Waals surface area contributed by atoms with Gasteiger partial charge in [-0.3, -0.25) is 14.4 Å². The molecule has 1 amide bonds. The number of rotatable bonds is 5. The number of nitrogens with one attached hydrogen (secondary N) is 1. The van der Waals surface area contributed by atoms with E-state index in [1.165, 1.54) is 0 Å². The fourth-order valence-corrected chi connectivity index (χ4v) is 6.34. The summed E-state index contributed by atoms with van der Waals surface area (Å²) in [5.41, 5.74) is 3.91. The minimum Gasteiger partial charge on any atom is -0.507 e. The zero-order chi connectivity index (χ0) is 27.6. The summed E-state index contributed by atoms with van der Waals surface area (Å²) in [6.45, 7) is 7.25. The van der Waals surface area contributed by atoms with Crippen LogP contribution in [0.25, 0.3) is 5.76 Å². The van der Waals surface area contributed by atoms with Crippen LogP contribution < -0.4 is 11.1 Å². The lowest BCUT2D eigenvalue weighted by Crippen LogP contribution is -2.73. The highest BCUT2D eigenvalue weighted by atomic mass is 16.3. The monoisotopic (exact) mass is 515 g/mol. The van der Waals surface area contributed by atoms with Gasteiger partial charge in [0, 0.05) is 36.2 Å². The van der Waals surface area contributed by atoms with Crippen molar-refractivity contribution in [2.45, 2.75) is 57.9 Å². The van der Waals surface area contributed by atoms with E-state index in [0.29, 0.717) is 30.6 Å². The summed E-state index contributed by atoms with van der Waals surface area (Å²) in [5.74, 6) is -7.31. The first-order chi connectivity index (χ1) is 17.1. The number of aromatic hydroxyl groups is 1. The Hall–Kier alpha value is -2.79. The number of likely N-dealkylation sites (N-methyl/N-ethyl adjacent to an activating group) is 1. The third-order valence-corrected chi connectivity index (χ3v) is 8.02. The van der Waals surface area contributed by atoms with Crippen LogP contribution in [0.1, 0.15) is 43.9 Å². The van der Waals surface area contributed by atoms with Crippen molar-refractivity contribution < 1.29 is 34.8 Å². The maximum atomic E-state index is 13.8. The second kappa shape index (κ2) is 9.20. The van der Waals surface area contributed by atoms with Crippen molar-refractivity contribution in [2.24, 2.45) is 28.9 Å². The van der Waals surface area contributed by atoms with E-state index >= 15 is 0 Å². The SMILES string of the molecule is CN(C)[C@@H]1[C@@H](O)C(C(N)=O)C(=O)[C@@]2(O)C(=O)C3=C(O)c4c(ccc(CNCC(C)(C)C)c4O)C[C@H]3C[C@@H]12. The molecule has 202 valence electrons. The Balaban J connectivity index is 1.79. The van der Waals surface area contributed by atoms with Crippen molar-refractivity contribution in [3.8, 4) is 5.75 Å². The Bertz CT molecular complexity index is 1190. The van der Waals surface area contributed by atoms with E-state index in [1.807, 2.05) is 0 Å². The average molecular weight is 516 g/mol. The number of hydrogen-bond acceptors (Lipinski definition) is 9. The van der Waals surface area contributed by atoms with E-state index in [1.54, 1.807) is 31.1 Å².